The lowest BCUT2D eigenvalue weighted by atomic mass is 10.1. The Labute approximate surface area is 185 Å². The number of amides is 2. The highest BCUT2D eigenvalue weighted by Gasteiger charge is 2.23. The molecule has 2 aromatic heterocycles. The van der Waals surface area contributed by atoms with Gasteiger partial charge in [0.25, 0.3) is 11.8 Å². The molecule has 1 aromatic carbocycles. The highest BCUT2D eigenvalue weighted by atomic mass is 16.6. The molecular formula is C23H25N3O6. The fourth-order valence-electron chi connectivity index (χ4n) is 3.15. The summed E-state index contributed by atoms with van der Waals surface area (Å²) in [6.45, 7) is 4.12. The number of esters is 1. The molecule has 0 aliphatic heterocycles. The smallest absolute Gasteiger partial charge is 0.340 e. The van der Waals surface area contributed by atoms with E-state index in [4.69, 9.17) is 13.9 Å². The number of carbonyl (C=O) groups excluding carboxylic acids is 3. The van der Waals surface area contributed by atoms with Crippen molar-refractivity contribution >= 4 is 23.5 Å². The number of ether oxygens (including phenoxy) is 2. The number of aromatic nitrogens is 1. The van der Waals surface area contributed by atoms with E-state index in [1.165, 1.54) is 13.4 Å². The third kappa shape index (κ3) is 5.44. The molecule has 3 N–H and O–H groups in total. The Morgan fingerprint density at radius 3 is 2.44 bits per heavy atom. The van der Waals surface area contributed by atoms with Crippen LogP contribution in [0.25, 0.3) is 0 Å². The molecule has 0 bridgehead atoms. The number of benzene rings is 1. The molecule has 0 unspecified atom stereocenters. The number of furan rings is 1. The van der Waals surface area contributed by atoms with Gasteiger partial charge in [0.1, 0.15) is 12.3 Å². The summed E-state index contributed by atoms with van der Waals surface area (Å²) >= 11 is 0. The molecule has 32 heavy (non-hydrogen) atoms. The minimum Gasteiger partial charge on any atom is -0.460 e. The summed E-state index contributed by atoms with van der Waals surface area (Å²) in [6, 6.07) is 10.3. The van der Waals surface area contributed by atoms with E-state index < -0.39 is 5.97 Å². The zero-order valence-electron chi connectivity index (χ0n) is 18.1. The zero-order valence-corrected chi connectivity index (χ0v) is 18.1. The first-order valence-corrected chi connectivity index (χ1v) is 9.98. The first kappa shape index (κ1) is 22.8. The second-order valence-electron chi connectivity index (χ2n) is 7.06. The van der Waals surface area contributed by atoms with Gasteiger partial charge in [0.05, 0.1) is 18.4 Å². The summed E-state index contributed by atoms with van der Waals surface area (Å²) in [5.74, 6) is -0.957. The monoisotopic (exact) mass is 439 g/mol. The normalized spacial score (nSPS) is 10.6. The highest BCUT2D eigenvalue weighted by molar-refractivity contribution is 6.02. The van der Waals surface area contributed by atoms with E-state index in [9.17, 15) is 14.4 Å². The molecule has 9 nitrogen and oxygen atoms in total. The summed E-state index contributed by atoms with van der Waals surface area (Å²) < 4.78 is 15.1. The van der Waals surface area contributed by atoms with Crippen molar-refractivity contribution in [2.24, 2.45) is 0 Å². The molecule has 0 atom stereocenters. The van der Waals surface area contributed by atoms with Crippen molar-refractivity contribution in [3.05, 3.63) is 76.5 Å². The van der Waals surface area contributed by atoms with Crippen molar-refractivity contribution in [1.29, 1.82) is 0 Å². The van der Waals surface area contributed by atoms with E-state index >= 15 is 0 Å². The van der Waals surface area contributed by atoms with Crippen molar-refractivity contribution in [2.45, 2.75) is 20.4 Å². The molecule has 3 aromatic rings. The number of carbonyl (C=O) groups is 3. The van der Waals surface area contributed by atoms with Gasteiger partial charge in [-0.05, 0) is 49.2 Å². The maximum Gasteiger partial charge on any atom is 0.340 e. The fourth-order valence-corrected chi connectivity index (χ4v) is 3.15. The van der Waals surface area contributed by atoms with E-state index in [1.807, 2.05) is 0 Å². The summed E-state index contributed by atoms with van der Waals surface area (Å²) in [5.41, 5.74) is 3.19. The number of aromatic amines is 1. The minimum atomic E-state index is -0.500. The van der Waals surface area contributed by atoms with Crippen LogP contribution in [-0.2, 0) is 16.0 Å². The fraction of sp³-hybridized carbons (Fsp3) is 0.261. The van der Waals surface area contributed by atoms with E-state index in [-0.39, 0.29) is 30.7 Å². The molecule has 3 rings (SSSR count). The molecule has 0 spiro atoms. The lowest BCUT2D eigenvalue weighted by molar-refractivity contribution is 0.0386. The molecule has 0 fully saturated rings. The first-order chi connectivity index (χ1) is 15.4. The van der Waals surface area contributed by atoms with Gasteiger partial charge >= 0.3 is 5.97 Å². The SMILES string of the molecule is COCCOC(=O)c1c(C)[nH]c(C(=O)NCc2ccc(NC(=O)c3ccco3)cc2)c1C. The summed E-state index contributed by atoms with van der Waals surface area (Å²) in [4.78, 5) is 39.9. The quantitative estimate of drug-likeness (QED) is 0.348. The van der Waals surface area contributed by atoms with Gasteiger partial charge in [0.15, 0.2) is 5.76 Å². The Balaban J connectivity index is 1.58. The number of rotatable bonds is 9. The summed E-state index contributed by atoms with van der Waals surface area (Å²) in [7, 11) is 1.52. The maximum absolute atomic E-state index is 12.6. The number of hydrogen-bond acceptors (Lipinski definition) is 6. The lowest BCUT2D eigenvalue weighted by Gasteiger charge is -2.08. The zero-order chi connectivity index (χ0) is 23.1. The van der Waals surface area contributed by atoms with Gasteiger partial charge in [-0.1, -0.05) is 12.1 Å². The predicted molar refractivity (Wildman–Crippen MR) is 117 cm³/mol. The van der Waals surface area contributed by atoms with E-state index in [0.29, 0.717) is 34.8 Å². The first-order valence-electron chi connectivity index (χ1n) is 9.98. The van der Waals surface area contributed by atoms with Gasteiger partial charge in [0, 0.05) is 25.0 Å². The van der Waals surface area contributed by atoms with Crippen molar-refractivity contribution in [1.82, 2.24) is 10.3 Å². The molecule has 2 amide bonds. The maximum atomic E-state index is 12.6. The Bertz CT molecular complexity index is 1080. The van der Waals surface area contributed by atoms with Gasteiger partial charge in [-0.25, -0.2) is 4.79 Å². The van der Waals surface area contributed by atoms with Gasteiger partial charge in [-0.2, -0.15) is 0 Å². The average molecular weight is 439 g/mol. The van der Waals surface area contributed by atoms with Gasteiger partial charge in [-0.3, -0.25) is 9.59 Å². The second kappa shape index (κ2) is 10.5. The molecule has 168 valence electrons. The van der Waals surface area contributed by atoms with Crippen LogP contribution < -0.4 is 10.6 Å². The highest BCUT2D eigenvalue weighted by Crippen LogP contribution is 2.19. The summed E-state index contributed by atoms with van der Waals surface area (Å²) in [6.07, 6.45) is 1.43. The van der Waals surface area contributed by atoms with Gasteiger partial charge in [-0.15, -0.1) is 0 Å². The average Bonchev–Trinajstić information content (AvgIpc) is 3.41. The number of aryl methyl sites for hydroxylation is 1. The molecule has 2 heterocycles. The number of H-pyrrole nitrogens is 1. The molecule has 0 saturated heterocycles. The third-order valence-corrected chi connectivity index (χ3v) is 4.80. The Kier molecular flexibility index (Phi) is 7.45. The van der Waals surface area contributed by atoms with Crippen LogP contribution in [-0.4, -0.2) is 43.1 Å². The Morgan fingerprint density at radius 2 is 1.78 bits per heavy atom. The number of nitrogens with one attached hydrogen (secondary N) is 3. The van der Waals surface area contributed by atoms with Crippen LogP contribution in [0.5, 0.6) is 0 Å². The predicted octanol–water partition coefficient (Wildman–Crippen LogP) is 3.21. The van der Waals surface area contributed by atoms with E-state index in [2.05, 4.69) is 15.6 Å². The lowest BCUT2D eigenvalue weighted by Crippen LogP contribution is -2.24. The van der Waals surface area contributed by atoms with Crippen molar-refractivity contribution in [3.8, 4) is 0 Å². The Hall–Kier alpha value is -3.85. The number of hydrogen-bond donors (Lipinski definition) is 3. The molecule has 0 aliphatic rings. The molecule has 0 saturated carbocycles. The van der Waals surface area contributed by atoms with Gasteiger partial charge in [0.2, 0.25) is 0 Å². The molecular weight excluding hydrogens is 414 g/mol. The van der Waals surface area contributed by atoms with Crippen LogP contribution in [0, 0.1) is 13.8 Å². The van der Waals surface area contributed by atoms with Crippen LogP contribution in [0.1, 0.15) is 48.2 Å². The Morgan fingerprint density at radius 1 is 1.03 bits per heavy atom. The third-order valence-electron chi connectivity index (χ3n) is 4.80. The van der Waals surface area contributed by atoms with Crippen LogP contribution in [0.15, 0.2) is 47.1 Å². The number of methoxy groups -OCH3 is 1. The van der Waals surface area contributed by atoms with Crippen molar-refractivity contribution in [2.75, 3.05) is 25.6 Å². The van der Waals surface area contributed by atoms with Crippen molar-refractivity contribution < 1.29 is 28.3 Å². The van der Waals surface area contributed by atoms with Crippen LogP contribution in [0.4, 0.5) is 5.69 Å². The topological polar surface area (TPSA) is 123 Å². The van der Waals surface area contributed by atoms with Crippen LogP contribution in [0.3, 0.4) is 0 Å². The molecule has 0 radical (unpaired) electrons. The standard InChI is InChI=1S/C23H25N3O6/c1-14-19(23(29)32-12-11-30-3)15(2)25-20(14)22(28)24-13-16-6-8-17(9-7-16)26-21(27)18-5-4-10-31-18/h4-10,25H,11-13H2,1-3H3,(H,24,28)(H,26,27). The molecule has 9 heteroatoms. The van der Waals surface area contributed by atoms with Crippen LogP contribution in [0.2, 0.25) is 0 Å². The largest absolute Gasteiger partial charge is 0.460 e. The van der Waals surface area contributed by atoms with Gasteiger partial charge < -0.3 is 29.5 Å². The van der Waals surface area contributed by atoms with Crippen molar-refractivity contribution in [3.63, 3.8) is 0 Å². The second-order valence-corrected chi connectivity index (χ2v) is 7.06. The van der Waals surface area contributed by atoms with Crippen LogP contribution >= 0.6 is 0 Å². The van der Waals surface area contributed by atoms with E-state index in [0.717, 1.165) is 5.56 Å². The minimum absolute atomic E-state index is 0.138. The summed E-state index contributed by atoms with van der Waals surface area (Å²) in [5, 5.41) is 5.56. The van der Waals surface area contributed by atoms with E-state index in [1.54, 1.807) is 50.2 Å². The molecule has 0 aliphatic carbocycles. The number of anilines is 1.